The zero-order valence-electron chi connectivity index (χ0n) is 13.4. The largest absolute Gasteiger partial charge is 0.494 e. The van der Waals surface area contributed by atoms with Crippen molar-refractivity contribution in [3.8, 4) is 17.5 Å². The van der Waals surface area contributed by atoms with Crippen LogP contribution in [0.3, 0.4) is 0 Å². The van der Waals surface area contributed by atoms with Crippen LogP contribution in [-0.2, 0) is 0 Å². The number of likely N-dealkylation sites (tertiary alicyclic amines) is 1. The van der Waals surface area contributed by atoms with Crippen LogP contribution in [0.5, 0.6) is 5.75 Å². The van der Waals surface area contributed by atoms with E-state index in [1.165, 1.54) is 0 Å². The number of aromatic nitrogens is 2. The highest BCUT2D eigenvalue weighted by Crippen LogP contribution is 2.31. The summed E-state index contributed by atoms with van der Waals surface area (Å²) >= 11 is 0. The third-order valence-electron chi connectivity index (χ3n) is 4.19. The number of hydrogen-bond acceptors (Lipinski definition) is 4. The molecule has 1 saturated heterocycles. The highest BCUT2D eigenvalue weighted by molar-refractivity contribution is 5.96. The van der Waals surface area contributed by atoms with Gasteiger partial charge in [-0.3, -0.25) is 4.79 Å². The van der Waals surface area contributed by atoms with Crippen LogP contribution in [0.4, 0.5) is 0 Å². The molecule has 1 aliphatic heterocycles. The molecule has 6 nitrogen and oxygen atoms in total. The average molecular weight is 310 g/mol. The van der Waals surface area contributed by atoms with E-state index in [1.807, 2.05) is 38.1 Å². The van der Waals surface area contributed by atoms with E-state index >= 15 is 0 Å². The summed E-state index contributed by atoms with van der Waals surface area (Å²) in [6.07, 6.45) is 1.58. The van der Waals surface area contributed by atoms with Crippen LogP contribution in [0.2, 0.25) is 0 Å². The summed E-state index contributed by atoms with van der Waals surface area (Å²) in [5, 5.41) is 13.4. The molecule has 0 aliphatic carbocycles. The average Bonchev–Trinajstić information content (AvgIpc) is 2.92. The highest BCUT2D eigenvalue weighted by Gasteiger charge is 2.42. The summed E-state index contributed by atoms with van der Waals surface area (Å²) in [4.78, 5) is 14.3. The van der Waals surface area contributed by atoms with Crippen molar-refractivity contribution < 1.29 is 9.53 Å². The molecule has 1 amide bonds. The number of nitriles is 1. The van der Waals surface area contributed by atoms with Gasteiger partial charge in [0.25, 0.3) is 5.91 Å². The van der Waals surface area contributed by atoms with E-state index < -0.39 is 5.41 Å². The van der Waals surface area contributed by atoms with Gasteiger partial charge < -0.3 is 9.64 Å². The van der Waals surface area contributed by atoms with Crippen LogP contribution in [0, 0.1) is 23.7 Å². The Morgan fingerprint density at radius 1 is 1.39 bits per heavy atom. The number of nitrogens with zero attached hydrogens (tertiary/aromatic N) is 4. The number of ether oxygens (including phenoxy) is 1. The molecule has 0 unspecified atom stereocenters. The second-order valence-electron chi connectivity index (χ2n) is 6.06. The minimum absolute atomic E-state index is 0.0867. The monoisotopic (exact) mass is 310 g/mol. The number of benzene rings is 1. The van der Waals surface area contributed by atoms with Crippen molar-refractivity contribution in [2.24, 2.45) is 5.41 Å². The predicted molar refractivity (Wildman–Crippen MR) is 84.5 cm³/mol. The van der Waals surface area contributed by atoms with Crippen LogP contribution in [0.15, 0.2) is 30.5 Å². The van der Waals surface area contributed by atoms with Crippen LogP contribution >= 0.6 is 0 Å². The van der Waals surface area contributed by atoms with E-state index in [0.29, 0.717) is 24.4 Å². The number of amides is 1. The third-order valence-corrected chi connectivity index (χ3v) is 4.19. The third kappa shape index (κ3) is 2.44. The molecule has 2 aromatic rings. The summed E-state index contributed by atoms with van der Waals surface area (Å²) in [5.74, 6) is 0.607. The van der Waals surface area contributed by atoms with Crippen molar-refractivity contribution in [2.75, 3.05) is 20.2 Å². The maximum atomic E-state index is 12.6. The number of para-hydroxylation sites is 2. The first-order chi connectivity index (χ1) is 11.0. The molecule has 0 saturated carbocycles. The minimum Gasteiger partial charge on any atom is -0.494 e. The van der Waals surface area contributed by atoms with E-state index in [0.717, 1.165) is 11.4 Å². The zero-order valence-corrected chi connectivity index (χ0v) is 13.4. The Morgan fingerprint density at radius 3 is 2.74 bits per heavy atom. The van der Waals surface area contributed by atoms with Gasteiger partial charge >= 0.3 is 0 Å². The molecule has 0 spiro atoms. The molecule has 1 aliphatic rings. The molecular weight excluding hydrogens is 292 g/mol. The molecule has 23 heavy (non-hydrogen) atoms. The molecule has 1 aromatic carbocycles. The van der Waals surface area contributed by atoms with Gasteiger partial charge in [0.05, 0.1) is 36.0 Å². The van der Waals surface area contributed by atoms with Crippen molar-refractivity contribution >= 4 is 5.91 Å². The van der Waals surface area contributed by atoms with Crippen molar-refractivity contribution in [3.63, 3.8) is 0 Å². The molecule has 1 aromatic heterocycles. The second-order valence-corrected chi connectivity index (χ2v) is 6.06. The van der Waals surface area contributed by atoms with Gasteiger partial charge in [-0.15, -0.1) is 0 Å². The van der Waals surface area contributed by atoms with E-state index in [4.69, 9.17) is 10.00 Å². The first-order valence-corrected chi connectivity index (χ1v) is 7.37. The van der Waals surface area contributed by atoms with Crippen molar-refractivity contribution in [1.82, 2.24) is 14.7 Å². The summed E-state index contributed by atoms with van der Waals surface area (Å²) in [7, 11) is 1.60. The standard InChI is InChI=1S/C17H18N4O2/c1-12-13(16(22)20-10-17(2,9-18)11-20)8-19-21(12)14-6-4-5-7-15(14)23-3/h4-8H,10-11H2,1-3H3. The number of hydrogen-bond donors (Lipinski definition) is 0. The molecular formula is C17H18N4O2. The maximum absolute atomic E-state index is 12.6. The zero-order chi connectivity index (χ0) is 16.6. The van der Waals surface area contributed by atoms with Gasteiger partial charge in [0, 0.05) is 13.1 Å². The fourth-order valence-corrected chi connectivity index (χ4v) is 2.85. The maximum Gasteiger partial charge on any atom is 0.257 e. The number of carbonyl (C=O) groups excluding carboxylic acids is 1. The lowest BCUT2D eigenvalue weighted by molar-refractivity contribution is 0.0368. The quantitative estimate of drug-likeness (QED) is 0.871. The van der Waals surface area contributed by atoms with E-state index in [1.54, 1.807) is 22.9 Å². The van der Waals surface area contributed by atoms with E-state index in [9.17, 15) is 4.79 Å². The molecule has 0 radical (unpaired) electrons. The normalized spacial score (nSPS) is 15.7. The summed E-state index contributed by atoms with van der Waals surface area (Å²) in [6.45, 7) is 4.64. The van der Waals surface area contributed by atoms with Gasteiger partial charge in [0.2, 0.25) is 0 Å². The van der Waals surface area contributed by atoms with Gasteiger partial charge in [0.1, 0.15) is 11.4 Å². The molecule has 2 heterocycles. The molecule has 1 fully saturated rings. The Kier molecular flexibility index (Phi) is 3.57. The van der Waals surface area contributed by atoms with E-state index in [-0.39, 0.29) is 5.91 Å². The Bertz CT molecular complexity index is 797. The van der Waals surface area contributed by atoms with Crippen LogP contribution in [0.1, 0.15) is 23.0 Å². The molecule has 3 rings (SSSR count). The van der Waals surface area contributed by atoms with Crippen LogP contribution < -0.4 is 4.74 Å². The molecule has 0 bridgehead atoms. The van der Waals surface area contributed by atoms with Gasteiger partial charge in [-0.25, -0.2) is 4.68 Å². The van der Waals surface area contributed by atoms with Crippen molar-refractivity contribution in [2.45, 2.75) is 13.8 Å². The lowest BCUT2D eigenvalue weighted by atomic mass is 9.83. The topological polar surface area (TPSA) is 71.2 Å². The Morgan fingerprint density at radius 2 is 2.09 bits per heavy atom. The second kappa shape index (κ2) is 5.43. The highest BCUT2D eigenvalue weighted by atomic mass is 16.5. The van der Waals surface area contributed by atoms with Gasteiger partial charge in [-0.1, -0.05) is 12.1 Å². The van der Waals surface area contributed by atoms with Gasteiger partial charge in [0.15, 0.2) is 0 Å². The lowest BCUT2D eigenvalue weighted by Crippen LogP contribution is -2.56. The van der Waals surface area contributed by atoms with Gasteiger partial charge in [-0.2, -0.15) is 10.4 Å². The molecule has 0 atom stereocenters. The fourth-order valence-electron chi connectivity index (χ4n) is 2.85. The molecule has 118 valence electrons. The van der Waals surface area contributed by atoms with Crippen molar-refractivity contribution in [1.29, 1.82) is 5.26 Å². The predicted octanol–water partition coefficient (Wildman–Crippen LogP) is 2.17. The van der Waals surface area contributed by atoms with Crippen LogP contribution in [0.25, 0.3) is 5.69 Å². The number of methoxy groups -OCH3 is 1. The SMILES string of the molecule is COc1ccccc1-n1ncc(C(=O)N2CC(C)(C#N)C2)c1C. The van der Waals surface area contributed by atoms with E-state index in [2.05, 4.69) is 11.2 Å². The summed E-state index contributed by atoms with van der Waals surface area (Å²) in [6, 6.07) is 9.77. The first kappa shape index (κ1) is 15.1. The first-order valence-electron chi connectivity index (χ1n) is 7.37. The molecule has 0 N–H and O–H groups in total. The Labute approximate surface area is 134 Å². The fraction of sp³-hybridized carbons (Fsp3) is 0.353. The van der Waals surface area contributed by atoms with Crippen molar-refractivity contribution in [3.05, 3.63) is 41.7 Å². The Balaban J connectivity index is 1.89. The summed E-state index contributed by atoms with van der Waals surface area (Å²) in [5.41, 5.74) is 1.67. The lowest BCUT2D eigenvalue weighted by Gasteiger charge is -2.43. The smallest absolute Gasteiger partial charge is 0.257 e. The number of carbonyl (C=O) groups is 1. The number of rotatable bonds is 3. The molecule has 6 heteroatoms. The van der Waals surface area contributed by atoms with Crippen LogP contribution in [-0.4, -0.2) is 40.8 Å². The minimum atomic E-state index is -0.428. The Hall–Kier alpha value is -2.81. The van der Waals surface area contributed by atoms with Gasteiger partial charge in [-0.05, 0) is 26.0 Å². The summed E-state index contributed by atoms with van der Waals surface area (Å²) < 4.78 is 7.06.